The molecule has 5 aliphatic rings. The summed E-state index contributed by atoms with van der Waals surface area (Å²) in [5, 5.41) is 252. The van der Waals surface area contributed by atoms with Crippen molar-refractivity contribution >= 4 is 29.7 Å². The summed E-state index contributed by atoms with van der Waals surface area (Å²) < 4.78 is 48.5. The van der Waals surface area contributed by atoms with E-state index in [1.807, 2.05) is 0 Å². The van der Waals surface area contributed by atoms with E-state index in [9.17, 15) is 147 Å². The number of carboxylic acid groups (broad SMARTS) is 2. The Morgan fingerprint density at radius 2 is 1.06 bits per heavy atom. The van der Waals surface area contributed by atoms with Gasteiger partial charge in [0.25, 0.3) is 5.79 Å². The van der Waals surface area contributed by atoms with Crippen molar-refractivity contribution in [3.8, 4) is 0 Å². The average Bonchev–Trinajstić information content (AvgIpc) is 0.776. The van der Waals surface area contributed by atoms with Crippen LogP contribution < -0.4 is 51.0 Å². The standard InChI is InChI=1S/C31H48N2O19.C23H39NO19.Na/c1-12(36)33-20-16(38)8-31(30(47)48,52-27(20)22(42)17(39)9-34)49-11-19-23(43)24(44)25(45)29(50-19)51-26(18(40)10-35)21(41)15(37)7-6-13-4-2-3-5-14(13)28(32)46;1-6(27)24-11-7(28)2-23(22(37)38,43-19(11)12(30)8(29)3-25)39-5-10-13(31)14(32)17(35)21(41-10)42-18-9(4-26)40-20(36)16(34)15(18)33;/h2-5,15-27,29,34-35,37-45H,6-11H2,1H3,(H2,32,46)(H,33,36)(H,47,48);7-21,25-26,28-36H,2-5H2,1H3,(H,24,27)(H,37,38);/q;;+1/p-1/t15?,16-,17-,18?,19?,20-,21-,22-,23+,24+,25?,26-,27?,29+,31-;7-,8-,9?,10?,11-,12-,13+,14+,15-,16?,17?,18-,19?,20?,21+,23-;/m11./s1. The first-order chi connectivity index (χ1) is 44.5. The van der Waals surface area contributed by atoms with Gasteiger partial charge in [0.15, 0.2) is 18.9 Å². The van der Waals surface area contributed by atoms with Crippen LogP contribution in [0.5, 0.6) is 0 Å². The summed E-state index contributed by atoms with van der Waals surface area (Å²) in [7, 11) is 0. The van der Waals surface area contributed by atoms with E-state index in [1.54, 1.807) is 18.2 Å². The van der Waals surface area contributed by atoms with Gasteiger partial charge in [0.1, 0.15) is 134 Å². The first-order valence-corrected chi connectivity index (χ1v) is 29.4. The van der Waals surface area contributed by atoms with Gasteiger partial charge in [-0.15, -0.1) is 0 Å². The van der Waals surface area contributed by atoms with Gasteiger partial charge in [-0.3, -0.25) is 14.4 Å². The van der Waals surface area contributed by atoms with Crippen LogP contribution in [0.15, 0.2) is 24.3 Å². The smallest absolute Gasteiger partial charge is 0.544 e. The van der Waals surface area contributed by atoms with E-state index >= 15 is 0 Å². The van der Waals surface area contributed by atoms with Crippen LogP contribution in [0.2, 0.25) is 0 Å². The molecule has 1 aromatic rings. The molecule has 0 bridgehead atoms. The SMILES string of the molecule is CC(=O)N[C@H]1C([C@H](O)[C@H](O)CO)O[C@@](OCC2O[C@@H](O[C@@H]3C(CO)OC(O)C(O)[C@H]3O)C(O)[C@@H](O)[C@H]2O)(C(=O)[O-])C[C@H]1O.CC(=O)N[C@H]1C([C@H](O)[C@H](O)CO)O[C@@](OCC2O[C@@H](O[C@H](C(O)CO)[C@H](O)C(O)CCc3ccccc3C(N)=O)C(O)[C@@H](O)[C@H]2O)(C(=O)O)C[C@H]1O.[Na+]. The second-order valence-electron chi connectivity index (χ2n) is 23.2. The molecule has 42 heteroatoms. The van der Waals surface area contributed by atoms with Crippen molar-refractivity contribution in [1.82, 2.24) is 10.6 Å². The molecule has 0 aliphatic carbocycles. The normalized spacial score (nSPS) is 38.1. The Labute approximate surface area is 566 Å². The number of primary amides is 1. The summed E-state index contributed by atoms with van der Waals surface area (Å²) in [4.78, 5) is 59.9. The number of amides is 3. The molecule has 0 radical (unpaired) electrons. The van der Waals surface area contributed by atoms with Crippen LogP contribution in [0.25, 0.3) is 0 Å². The second kappa shape index (κ2) is 37.3. The zero-order valence-corrected chi connectivity index (χ0v) is 53.6. The van der Waals surface area contributed by atoms with E-state index in [4.69, 9.17) is 48.4 Å². The minimum Gasteiger partial charge on any atom is -0.544 e. The molecule has 5 heterocycles. The number of hydrogen-bond acceptors (Lipinski definition) is 37. The largest absolute Gasteiger partial charge is 1.00 e. The molecular formula is C54H86N3NaO38. The van der Waals surface area contributed by atoms with E-state index in [0.717, 1.165) is 13.8 Å². The van der Waals surface area contributed by atoms with Gasteiger partial charge >= 0.3 is 35.5 Å². The van der Waals surface area contributed by atoms with Crippen LogP contribution in [0.3, 0.4) is 0 Å². The molecule has 27 N–H and O–H groups in total. The van der Waals surface area contributed by atoms with Gasteiger partial charge in [0, 0.05) is 32.3 Å². The molecule has 96 heavy (non-hydrogen) atoms. The maximum Gasteiger partial charge on any atom is 1.00 e. The molecule has 1 aromatic carbocycles. The van der Waals surface area contributed by atoms with E-state index in [0.29, 0.717) is 5.56 Å². The molecule has 6 rings (SSSR count). The summed E-state index contributed by atoms with van der Waals surface area (Å²) in [6.07, 6.45) is -53.8. The molecule has 0 aromatic heterocycles. The second-order valence-corrected chi connectivity index (χ2v) is 23.2. The summed E-state index contributed by atoms with van der Waals surface area (Å²) in [6, 6.07) is 3.18. The summed E-state index contributed by atoms with van der Waals surface area (Å²) >= 11 is 0. The summed E-state index contributed by atoms with van der Waals surface area (Å²) in [5.74, 6) is -12.0. The van der Waals surface area contributed by atoms with Crippen molar-refractivity contribution in [3.63, 3.8) is 0 Å². The monoisotopic (exact) mass is 1410 g/mol. The fourth-order valence-electron chi connectivity index (χ4n) is 11.0. The van der Waals surface area contributed by atoms with Crippen molar-refractivity contribution in [3.05, 3.63) is 35.4 Å². The third-order valence-electron chi connectivity index (χ3n) is 16.4. The van der Waals surface area contributed by atoms with Gasteiger partial charge < -0.3 is 186 Å². The fraction of sp³-hybridized carbons (Fsp3) is 0.796. The topological polar surface area (TPSA) is 707 Å². The molecule has 5 aliphatic heterocycles. The Balaban J connectivity index is 0.000000411. The number of carbonyl (C=O) groups is 5. The predicted molar refractivity (Wildman–Crippen MR) is 296 cm³/mol. The van der Waals surface area contributed by atoms with Crippen LogP contribution in [-0.4, -0.2) is 376 Å². The van der Waals surface area contributed by atoms with E-state index in [2.05, 4.69) is 10.6 Å². The minimum atomic E-state index is -2.94. The fourth-order valence-corrected chi connectivity index (χ4v) is 11.0. The Morgan fingerprint density at radius 3 is 1.52 bits per heavy atom. The molecule has 0 spiro atoms. The maximum absolute atomic E-state index is 12.5. The number of carboxylic acids is 2. The number of ether oxygens (including phenoxy) is 9. The first-order valence-electron chi connectivity index (χ1n) is 29.4. The number of aliphatic carboxylic acids is 2. The predicted octanol–water partition coefficient (Wildman–Crippen LogP) is -19.4. The number of aliphatic hydroxyl groups is 22. The van der Waals surface area contributed by atoms with E-state index < -0.39 is 271 Å². The van der Waals surface area contributed by atoms with Gasteiger partial charge in [-0.05, 0) is 24.5 Å². The number of carbonyl (C=O) groups excluding carboxylic acids is 4. The quantitative estimate of drug-likeness (QED) is 0.0331. The van der Waals surface area contributed by atoms with Crippen molar-refractivity contribution < 1.29 is 219 Å². The number of rotatable bonds is 29. The molecule has 11 unspecified atom stereocenters. The van der Waals surface area contributed by atoms with Crippen molar-refractivity contribution in [2.24, 2.45) is 5.73 Å². The Morgan fingerprint density at radius 1 is 0.604 bits per heavy atom. The van der Waals surface area contributed by atoms with Crippen LogP contribution in [-0.2, 0) is 68.2 Å². The zero-order valence-electron chi connectivity index (χ0n) is 51.6. The van der Waals surface area contributed by atoms with Gasteiger partial charge in [-0.25, -0.2) is 4.79 Å². The van der Waals surface area contributed by atoms with Crippen LogP contribution in [0.1, 0.15) is 49.0 Å². The minimum absolute atomic E-state index is 0. The van der Waals surface area contributed by atoms with E-state index in [1.165, 1.54) is 6.07 Å². The van der Waals surface area contributed by atoms with Gasteiger partial charge in [0.05, 0.1) is 70.0 Å². The number of benzene rings is 1. The molecular weight excluding hydrogens is 1320 g/mol. The third-order valence-corrected chi connectivity index (χ3v) is 16.4. The molecule has 546 valence electrons. The Hall–Kier alpha value is -3.67. The van der Waals surface area contributed by atoms with Gasteiger partial charge in [-0.2, -0.15) is 0 Å². The number of nitrogens with two attached hydrogens (primary N) is 1. The zero-order chi connectivity index (χ0) is 71.5. The number of aryl methyl sites for hydroxylation is 1. The van der Waals surface area contributed by atoms with Gasteiger partial charge in [0.2, 0.25) is 23.5 Å². The molecule has 5 fully saturated rings. The average molecular weight is 1410 g/mol. The third kappa shape index (κ3) is 20.3. The van der Waals surface area contributed by atoms with Crippen molar-refractivity contribution in [1.29, 1.82) is 0 Å². The van der Waals surface area contributed by atoms with Crippen LogP contribution in [0.4, 0.5) is 0 Å². The Bertz CT molecular complexity index is 2630. The summed E-state index contributed by atoms with van der Waals surface area (Å²) in [6.45, 7) is -3.89. The number of aliphatic hydroxyl groups excluding tert-OH is 22. The van der Waals surface area contributed by atoms with Crippen LogP contribution >= 0.6 is 0 Å². The van der Waals surface area contributed by atoms with Crippen LogP contribution in [0, 0.1) is 0 Å². The molecule has 31 atom stereocenters. The number of hydrogen-bond donors (Lipinski definition) is 26. The Kier molecular flexibility index (Phi) is 32.9. The van der Waals surface area contributed by atoms with Crippen molar-refractivity contribution in [2.45, 2.75) is 229 Å². The summed E-state index contributed by atoms with van der Waals surface area (Å²) in [5.41, 5.74) is 5.97. The van der Waals surface area contributed by atoms with Gasteiger partial charge in [-0.1, -0.05) is 18.2 Å². The maximum atomic E-state index is 12.5. The first kappa shape index (κ1) is 84.7. The number of nitrogens with one attached hydrogen (secondary N) is 2. The molecule has 0 saturated carbocycles. The molecule has 3 amide bonds. The molecule has 5 saturated heterocycles. The van der Waals surface area contributed by atoms with Crippen molar-refractivity contribution in [2.75, 3.05) is 39.6 Å². The molecule has 41 nitrogen and oxygen atoms in total. The van der Waals surface area contributed by atoms with E-state index in [-0.39, 0.29) is 48.0 Å².